The molecule has 11 heteroatoms. The van der Waals surface area contributed by atoms with Crippen LogP contribution in [0.5, 0.6) is 0 Å². The van der Waals surface area contributed by atoms with Crippen LogP contribution in [-0.2, 0) is 11.0 Å². The van der Waals surface area contributed by atoms with Crippen molar-refractivity contribution in [3.05, 3.63) is 58.9 Å². The SMILES string of the molecule is CNC(=O)c1ccc(N2CCCC(C)CC(=O)N(c3ccc(C#N)c(C(F)(F)F)c3)C2=S)cc1F. The highest BCUT2D eigenvalue weighted by Gasteiger charge is 2.36. The first-order valence-corrected chi connectivity index (χ1v) is 11.2. The highest BCUT2D eigenvalue weighted by atomic mass is 32.1. The second-order valence-electron chi connectivity index (χ2n) is 8.20. The first-order valence-electron chi connectivity index (χ1n) is 10.7. The fraction of sp³-hybridized carbons (Fsp3) is 0.333. The van der Waals surface area contributed by atoms with Gasteiger partial charge < -0.3 is 10.2 Å². The third kappa shape index (κ3) is 5.59. The Hall–Kier alpha value is -3.52. The molecular weight excluding hydrogens is 484 g/mol. The summed E-state index contributed by atoms with van der Waals surface area (Å²) in [6, 6.07) is 8.29. The molecule has 2 aromatic carbocycles. The Labute approximate surface area is 205 Å². The topological polar surface area (TPSA) is 76.4 Å². The molecule has 1 N–H and O–H groups in total. The predicted molar refractivity (Wildman–Crippen MR) is 126 cm³/mol. The summed E-state index contributed by atoms with van der Waals surface area (Å²) in [5.41, 5.74) is -1.85. The average Bonchev–Trinajstić information content (AvgIpc) is 2.85. The first kappa shape index (κ1) is 26.1. The van der Waals surface area contributed by atoms with E-state index in [4.69, 9.17) is 17.5 Å². The summed E-state index contributed by atoms with van der Waals surface area (Å²) in [4.78, 5) is 27.5. The van der Waals surface area contributed by atoms with Crippen molar-refractivity contribution in [2.45, 2.75) is 32.4 Å². The van der Waals surface area contributed by atoms with Gasteiger partial charge in [-0.15, -0.1) is 0 Å². The Morgan fingerprint density at radius 1 is 1.20 bits per heavy atom. The van der Waals surface area contributed by atoms with Crippen molar-refractivity contribution in [1.29, 1.82) is 5.26 Å². The van der Waals surface area contributed by atoms with E-state index < -0.39 is 34.9 Å². The summed E-state index contributed by atoms with van der Waals surface area (Å²) in [6.07, 6.45) is -3.56. The van der Waals surface area contributed by atoms with Crippen molar-refractivity contribution in [2.75, 3.05) is 23.4 Å². The van der Waals surface area contributed by atoms with Crippen molar-refractivity contribution >= 4 is 40.5 Å². The second-order valence-corrected chi connectivity index (χ2v) is 8.56. The number of hydrogen-bond donors (Lipinski definition) is 1. The summed E-state index contributed by atoms with van der Waals surface area (Å²) in [7, 11) is 1.37. The molecular formula is C24H22F4N4O2S. The number of benzene rings is 2. The van der Waals surface area contributed by atoms with Gasteiger partial charge >= 0.3 is 6.18 Å². The molecule has 6 nitrogen and oxygen atoms in total. The Kier molecular flexibility index (Phi) is 7.75. The quantitative estimate of drug-likeness (QED) is 0.467. The van der Waals surface area contributed by atoms with Crippen LogP contribution in [0.25, 0.3) is 0 Å². The van der Waals surface area contributed by atoms with Crippen LogP contribution >= 0.6 is 12.2 Å². The van der Waals surface area contributed by atoms with Crippen molar-refractivity contribution < 1.29 is 27.2 Å². The molecule has 1 saturated heterocycles. The summed E-state index contributed by atoms with van der Waals surface area (Å²) in [5, 5.41) is 11.3. The molecule has 1 heterocycles. The lowest BCUT2D eigenvalue weighted by Gasteiger charge is -2.32. The van der Waals surface area contributed by atoms with E-state index in [1.54, 1.807) is 0 Å². The number of nitrogens with one attached hydrogen (secondary N) is 1. The molecule has 0 spiro atoms. The van der Waals surface area contributed by atoms with Crippen LogP contribution in [0, 0.1) is 23.1 Å². The van der Waals surface area contributed by atoms with E-state index in [1.807, 2.05) is 6.92 Å². The Bertz CT molecular complexity index is 1210. The summed E-state index contributed by atoms with van der Waals surface area (Å²) in [6.45, 7) is 2.13. The fourth-order valence-electron chi connectivity index (χ4n) is 3.90. The lowest BCUT2D eigenvalue weighted by atomic mass is 10.0. The minimum absolute atomic E-state index is 0.0410. The zero-order valence-corrected chi connectivity index (χ0v) is 19.8. The van der Waals surface area contributed by atoms with Crippen molar-refractivity contribution in [2.24, 2.45) is 5.92 Å². The maximum Gasteiger partial charge on any atom is 0.417 e. The second kappa shape index (κ2) is 10.4. The van der Waals surface area contributed by atoms with E-state index in [9.17, 15) is 27.2 Å². The van der Waals surface area contributed by atoms with Gasteiger partial charge in [-0.25, -0.2) is 4.39 Å². The smallest absolute Gasteiger partial charge is 0.355 e. The molecule has 0 radical (unpaired) electrons. The summed E-state index contributed by atoms with van der Waals surface area (Å²) >= 11 is 5.57. The molecule has 2 amide bonds. The molecule has 0 bridgehead atoms. The van der Waals surface area contributed by atoms with Crippen LogP contribution in [0.15, 0.2) is 36.4 Å². The molecule has 35 heavy (non-hydrogen) atoms. The lowest BCUT2D eigenvalue weighted by molar-refractivity contribution is -0.137. The Morgan fingerprint density at radius 2 is 1.89 bits per heavy atom. The van der Waals surface area contributed by atoms with Gasteiger partial charge in [0.1, 0.15) is 5.82 Å². The standard InChI is InChI=1S/C24H22F4N4O2S/c1-14-4-3-9-31(16-7-8-18(20(25)12-16)22(34)30-2)23(35)32(21(33)10-14)17-6-5-15(13-29)19(11-17)24(26,27)28/h5-8,11-12,14H,3-4,9-10H2,1-2H3,(H,30,34). The Balaban J connectivity index is 2.12. The zero-order valence-electron chi connectivity index (χ0n) is 18.9. The number of nitrogens with zero attached hydrogens (tertiary/aromatic N) is 3. The van der Waals surface area contributed by atoms with Gasteiger partial charge in [0.25, 0.3) is 5.91 Å². The fourth-order valence-corrected chi connectivity index (χ4v) is 4.30. The molecule has 0 aromatic heterocycles. The molecule has 1 aliphatic heterocycles. The number of anilines is 2. The first-order chi connectivity index (χ1) is 16.5. The monoisotopic (exact) mass is 506 g/mol. The third-order valence-corrected chi connectivity index (χ3v) is 6.10. The van der Waals surface area contributed by atoms with Crippen molar-refractivity contribution in [3.8, 4) is 6.07 Å². The number of hydrogen-bond acceptors (Lipinski definition) is 4. The minimum Gasteiger partial charge on any atom is -0.355 e. The highest BCUT2D eigenvalue weighted by molar-refractivity contribution is 7.81. The molecule has 1 unspecified atom stereocenters. The number of amides is 2. The van der Waals surface area contributed by atoms with Gasteiger partial charge in [0.05, 0.1) is 28.4 Å². The highest BCUT2D eigenvalue weighted by Crippen LogP contribution is 2.36. The molecule has 0 aliphatic carbocycles. The Morgan fingerprint density at radius 3 is 2.49 bits per heavy atom. The van der Waals surface area contributed by atoms with Gasteiger partial charge in [0, 0.05) is 25.7 Å². The molecule has 1 aliphatic rings. The minimum atomic E-state index is -4.82. The summed E-state index contributed by atoms with van der Waals surface area (Å²) in [5.74, 6) is -2.02. The van der Waals surface area contributed by atoms with E-state index >= 15 is 0 Å². The normalized spacial score (nSPS) is 17.3. The van der Waals surface area contributed by atoms with Crippen LogP contribution in [-0.4, -0.2) is 30.5 Å². The van der Waals surface area contributed by atoms with E-state index in [0.29, 0.717) is 12.8 Å². The van der Waals surface area contributed by atoms with Crippen molar-refractivity contribution in [1.82, 2.24) is 5.32 Å². The molecule has 1 fully saturated rings. The molecule has 1 atom stereocenters. The molecule has 2 aromatic rings. The predicted octanol–water partition coefficient (Wildman–Crippen LogP) is 5.02. The van der Waals surface area contributed by atoms with E-state index in [1.165, 1.54) is 36.2 Å². The van der Waals surface area contributed by atoms with Crippen LogP contribution in [0.4, 0.5) is 28.9 Å². The molecule has 184 valence electrons. The van der Waals surface area contributed by atoms with Crippen LogP contribution < -0.4 is 15.1 Å². The number of carbonyl (C=O) groups excluding carboxylic acids is 2. The van der Waals surface area contributed by atoms with Crippen molar-refractivity contribution in [3.63, 3.8) is 0 Å². The van der Waals surface area contributed by atoms with Crippen LogP contribution in [0.1, 0.15) is 47.7 Å². The van der Waals surface area contributed by atoms with Gasteiger partial charge in [-0.05, 0) is 67.4 Å². The average molecular weight is 507 g/mol. The van der Waals surface area contributed by atoms with Crippen LogP contribution in [0.2, 0.25) is 0 Å². The number of thiocarbonyl (C=S) groups is 1. The van der Waals surface area contributed by atoms with Crippen LogP contribution in [0.3, 0.4) is 0 Å². The van der Waals surface area contributed by atoms with Gasteiger partial charge in [-0.2, -0.15) is 18.4 Å². The number of alkyl halides is 3. The number of rotatable bonds is 3. The number of carbonyl (C=O) groups is 2. The molecule has 3 rings (SSSR count). The molecule has 0 saturated carbocycles. The van der Waals surface area contributed by atoms with E-state index in [2.05, 4.69) is 5.32 Å². The lowest BCUT2D eigenvalue weighted by Crippen LogP contribution is -2.47. The maximum atomic E-state index is 14.7. The third-order valence-electron chi connectivity index (χ3n) is 5.70. The number of nitriles is 1. The summed E-state index contributed by atoms with van der Waals surface area (Å²) < 4.78 is 55.5. The van der Waals surface area contributed by atoms with Gasteiger partial charge in [0.2, 0.25) is 5.91 Å². The largest absolute Gasteiger partial charge is 0.417 e. The van der Waals surface area contributed by atoms with Gasteiger partial charge in [-0.1, -0.05) is 6.92 Å². The van der Waals surface area contributed by atoms with E-state index in [-0.39, 0.29) is 40.9 Å². The number of halogens is 4. The maximum absolute atomic E-state index is 14.7. The zero-order chi connectivity index (χ0) is 25.9. The van der Waals surface area contributed by atoms with Gasteiger partial charge in [-0.3, -0.25) is 14.5 Å². The van der Waals surface area contributed by atoms with E-state index in [0.717, 1.165) is 23.1 Å². The van der Waals surface area contributed by atoms with Gasteiger partial charge in [0.15, 0.2) is 5.11 Å².